The van der Waals surface area contributed by atoms with Gasteiger partial charge < -0.3 is 10.2 Å². The van der Waals surface area contributed by atoms with Crippen molar-refractivity contribution in [3.8, 4) is 0 Å². The van der Waals surface area contributed by atoms with Crippen LogP contribution in [0.3, 0.4) is 0 Å². The molecule has 0 saturated carbocycles. The summed E-state index contributed by atoms with van der Waals surface area (Å²) in [7, 11) is 0. The molecule has 182 valence electrons. The van der Waals surface area contributed by atoms with Crippen molar-refractivity contribution in [3.63, 3.8) is 0 Å². The van der Waals surface area contributed by atoms with Gasteiger partial charge in [-0.05, 0) is 23.3 Å². The minimum atomic E-state index is 0.0454. The smallest absolute Gasteiger partial charge is 0.236 e. The molecular formula is C26H34ClN5O2. The Kier molecular flexibility index (Phi) is 8.93. The third-order valence-electron chi connectivity index (χ3n) is 6.54. The molecule has 8 heteroatoms. The molecule has 7 nitrogen and oxygen atoms in total. The fourth-order valence-electron chi connectivity index (χ4n) is 4.50. The minimum Gasteiger partial charge on any atom is -0.351 e. The van der Waals surface area contributed by atoms with Gasteiger partial charge >= 0.3 is 0 Å². The summed E-state index contributed by atoms with van der Waals surface area (Å²) in [5, 5.41) is 3.75. The predicted molar refractivity (Wildman–Crippen MR) is 134 cm³/mol. The summed E-state index contributed by atoms with van der Waals surface area (Å²) in [6.07, 6.45) is 0. The lowest BCUT2D eigenvalue weighted by atomic mass is 10.2. The Morgan fingerprint density at radius 1 is 0.735 bits per heavy atom. The lowest BCUT2D eigenvalue weighted by Gasteiger charge is -2.38. The number of hydrogen-bond acceptors (Lipinski definition) is 5. The molecule has 0 bridgehead atoms. The van der Waals surface area contributed by atoms with Crippen LogP contribution in [0.25, 0.3) is 0 Å². The normalized spacial score (nSPS) is 18.1. The second-order valence-corrected chi connectivity index (χ2v) is 9.54. The van der Waals surface area contributed by atoms with E-state index in [0.717, 1.165) is 69.5 Å². The minimum absolute atomic E-state index is 0.0454. The molecular weight excluding hydrogens is 450 g/mol. The van der Waals surface area contributed by atoms with E-state index >= 15 is 0 Å². The zero-order valence-electron chi connectivity index (χ0n) is 19.7. The van der Waals surface area contributed by atoms with Crippen LogP contribution in [0.4, 0.5) is 0 Å². The van der Waals surface area contributed by atoms with E-state index in [1.165, 1.54) is 5.56 Å². The fourth-order valence-corrected chi connectivity index (χ4v) is 4.71. The van der Waals surface area contributed by atoms with E-state index in [4.69, 9.17) is 11.6 Å². The highest BCUT2D eigenvalue weighted by Gasteiger charge is 2.25. The maximum atomic E-state index is 12.8. The van der Waals surface area contributed by atoms with E-state index in [2.05, 4.69) is 26.1 Å². The van der Waals surface area contributed by atoms with Gasteiger partial charge in [-0.25, -0.2) is 0 Å². The summed E-state index contributed by atoms with van der Waals surface area (Å²) in [4.78, 5) is 33.8. The summed E-state index contributed by atoms with van der Waals surface area (Å²) >= 11 is 6.09. The molecule has 2 aliphatic heterocycles. The number of carbonyl (C=O) groups excluding carboxylic acids is 2. The van der Waals surface area contributed by atoms with Gasteiger partial charge in [-0.3, -0.25) is 24.3 Å². The number of amides is 2. The van der Waals surface area contributed by atoms with Crippen molar-refractivity contribution in [1.29, 1.82) is 0 Å². The van der Waals surface area contributed by atoms with Crippen LogP contribution < -0.4 is 5.32 Å². The molecule has 0 aliphatic carbocycles. The van der Waals surface area contributed by atoms with Gasteiger partial charge in [0.1, 0.15) is 0 Å². The summed E-state index contributed by atoms with van der Waals surface area (Å²) in [6, 6.07) is 17.9. The number of benzene rings is 2. The van der Waals surface area contributed by atoms with Gasteiger partial charge in [0, 0.05) is 70.5 Å². The van der Waals surface area contributed by atoms with Gasteiger partial charge in [0.15, 0.2) is 0 Å². The van der Waals surface area contributed by atoms with Crippen LogP contribution in [-0.4, -0.2) is 96.9 Å². The topological polar surface area (TPSA) is 59.1 Å². The second-order valence-electron chi connectivity index (χ2n) is 9.10. The average Bonchev–Trinajstić information content (AvgIpc) is 2.85. The quantitative estimate of drug-likeness (QED) is 0.621. The number of halogens is 1. The van der Waals surface area contributed by atoms with E-state index in [-0.39, 0.29) is 11.8 Å². The Morgan fingerprint density at radius 2 is 1.35 bits per heavy atom. The number of nitrogens with one attached hydrogen (secondary N) is 1. The number of hydrogen-bond donors (Lipinski definition) is 1. The van der Waals surface area contributed by atoms with Crippen LogP contribution in [-0.2, 0) is 22.7 Å². The van der Waals surface area contributed by atoms with Crippen molar-refractivity contribution in [1.82, 2.24) is 24.9 Å². The predicted octanol–water partition coefficient (Wildman–Crippen LogP) is 1.92. The molecule has 2 aromatic carbocycles. The fraction of sp³-hybridized carbons (Fsp3) is 0.462. The molecule has 0 radical (unpaired) electrons. The zero-order chi connectivity index (χ0) is 23.8. The molecule has 34 heavy (non-hydrogen) atoms. The molecule has 2 fully saturated rings. The number of nitrogens with zero attached hydrogens (tertiary/aromatic N) is 4. The van der Waals surface area contributed by atoms with Crippen LogP contribution >= 0.6 is 11.6 Å². The van der Waals surface area contributed by atoms with Gasteiger partial charge in [-0.1, -0.05) is 54.1 Å². The Balaban J connectivity index is 1.11. The molecule has 0 aromatic heterocycles. The first-order valence-corrected chi connectivity index (χ1v) is 12.4. The van der Waals surface area contributed by atoms with E-state index in [9.17, 15) is 9.59 Å². The van der Waals surface area contributed by atoms with Gasteiger partial charge in [0.2, 0.25) is 11.8 Å². The molecule has 4 rings (SSSR count). The third kappa shape index (κ3) is 7.53. The zero-order valence-corrected chi connectivity index (χ0v) is 20.4. The third-order valence-corrected chi connectivity index (χ3v) is 6.78. The maximum Gasteiger partial charge on any atom is 0.236 e. The Hall–Kier alpha value is -2.45. The molecule has 0 unspecified atom stereocenters. The first kappa shape index (κ1) is 24.7. The Labute approximate surface area is 207 Å². The van der Waals surface area contributed by atoms with Gasteiger partial charge in [-0.15, -0.1) is 0 Å². The van der Waals surface area contributed by atoms with E-state index in [1.807, 2.05) is 53.4 Å². The lowest BCUT2D eigenvalue weighted by Crippen LogP contribution is -2.54. The molecule has 1 N–H and O–H groups in total. The van der Waals surface area contributed by atoms with Crippen molar-refractivity contribution < 1.29 is 9.59 Å². The molecule has 2 heterocycles. The van der Waals surface area contributed by atoms with E-state index in [1.54, 1.807) is 0 Å². The van der Waals surface area contributed by atoms with Crippen LogP contribution in [0, 0.1) is 0 Å². The summed E-state index contributed by atoms with van der Waals surface area (Å²) < 4.78 is 0. The average molecular weight is 484 g/mol. The van der Waals surface area contributed by atoms with Crippen molar-refractivity contribution in [2.24, 2.45) is 0 Å². The molecule has 2 aliphatic rings. The SMILES string of the molecule is O=C(CN1CCN(CC(=O)N2CCN(Cc3cccc(Cl)c3)CC2)CC1)NCc1ccccc1. The van der Waals surface area contributed by atoms with Gasteiger partial charge in [0.25, 0.3) is 0 Å². The van der Waals surface area contributed by atoms with Crippen LogP contribution in [0.2, 0.25) is 5.02 Å². The van der Waals surface area contributed by atoms with Crippen molar-refractivity contribution in [2.75, 3.05) is 65.4 Å². The number of piperazine rings is 2. The van der Waals surface area contributed by atoms with E-state index < -0.39 is 0 Å². The van der Waals surface area contributed by atoms with Crippen LogP contribution in [0.15, 0.2) is 54.6 Å². The van der Waals surface area contributed by atoms with Gasteiger partial charge in [0.05, 0.1) is 13.1 Å². The van der Waals surface area contributed by atoms with Crippen molar-refractivity contribution >= 4 is 23.4 Å². The maximum absolute atomic E-state index is 12.8. The van der Waals surface area contributed by atoms with Crippen LogP contribution in [0.1, 0.15) is 11.1 Å². The highest BCUT2D eigenvalue weighted by atomic mass is 35.5. The Bertz CT molecular complexity index is 941. The summed E-state index contributed by atoms with van der Waals surface area (Å²) in [6.45, 7) is 8.81. The monoisotopic (exact) mass is 483 g/mol. The Morgan fingerprint density at radius 3 is 2.03 bits per heavy atom. The first-order valence-electron chi connectivity index (χ1n) is 12.0. The molecule has 2 amide bonds. The largest absolute Gasteiger partial charge is 0.351 e. The molecule has 0 spiro atoms. The van der Waals surface area contributed by atoms with Gasteiger partial charge in [-0.2, -0.15) is 0 Å². The molecule has 2 aromatic rings. The first-order chi connectivity index (χ1) is 16.5. The highest BCUT2D eigenvalue weighted by molar-refractivity contribution is 6.30. The second kappa shape index (κ2) is 12.3. The number of carbonyl (C=O) groups is 2. The standard InChI is InChI=1S/C26H34ClN5O2/c27-24-8-4-7-23(17-24)19-29-13-15-32(16-14-29)26(34)21-31-11-9-30(10-12-31)20-25(33)28-18-22-5-2-1-3-6-22/h1-8,17H,9-16,18-21H2,(H,28,33). The van der Waals surface area contributed by atoms with Crippen LogP contribution in [0.5, 0.6) is 0 Å². The molecule has 0 atom stereocenters. The summed E-state index contributed by atoms with van der Waals surface area (Å²) in [5.41, 5.74) is 2.31. The van der Waals surface area contributed by atoms with E-state index in [0.29, 0.717) is 19.6 Å². The summed E-state index contributed by atoms with van der Waals surface area (Å²) in [5.74, 6) is 0.250. The molecule has 2 saturated heterocycles. The lowest BCUT2D eigenvalue weighted by molar-refractivity contribution is -0.135. The number of rotatable bonds is 8. The van der Waals surface area contributed by atoms with Crippen molar-refractivity contribution in [2.45, 2.75) is 13.1 Å². The highest BCUT2D eigenvalue weighted by Crippen LogP contribution is 2.14. The van der Waals surface area contributed by atoms with Crippen molar-refractivity contribution in [3.05, 3.63) is 70.7 Å².